The van der Waals surface area contributed by atoms with Crippen LogP contribution >= 0.6 is 0 Å². The number of halogens is 1. The molecule has 0 aliphatic heterocycles. The van der Waals surface area contributed by atoms with Crippen LogP contribution in [0.5, 0.6) is 5.75 Å². The molecule has 4 aromatic carbocycles. The molecule has 40 heavy (non-hydrogen) atoms. The first-order chi connectivity index (χ1) is 19.4. The van der Waals surface area contributed by atoms with E-state index in [4.69, 9.17) is 4.74 Å². The van der Waals surface area contributed by atoms with Crippen LogP contribution in [0.25, 0.3) is 16.6 Å². The summed E-state index contributed by atoms with van der Waals surface area (Å²) in [7, 11) is 1.59. The Morgan fingerprint density at radius 3 is 2.27 bits per heavy atom. The van der Waals surface area contributed by atoms with Gasteiger partial charge in [-0.3, -0.25) is 14.2 Å². The van der Waals surface area contributed by atoms with E-state index in [1.54, 1.807) is 55.6 Å². The van der Waals surface area contributed by atoms with Crippen LogP contribution in [0.15, 0.2) is 107 Å². The number of fused-ring (bicyclic) bond motifs is 1. The largest absolute Gasteiger partial charge is 0.496 e. The molecule has 5 rings (SSSR count). The zero-order valence-corrected chi connectivity index (χ0v) is 22.0. The molecule has 0 fully saturated rings. The standard InChI is InChI=1S/C32H28FN3O4/c1-40-29-9-5-2-6-24(29)20-34-30(37)19-14-22-12-17-26(18-13-22)36-31(38)27-7-3-4-8-28(27)35(32(36)39)21-23-10-15-25(33)16-11-23/h2-13,15-18H,14,19-21H2,1H3,(H,34,37). The van der Waals surface area contributed by atoms with E-state index >= 15 is 0 Å². The van der Waals surface area contributed by atoms with Gasteiger partial charge in [0.25, 0.3) is 5.56 Å². The van der Waals surface area contributed by atoms with Crippen molar-refractivity contribution < 1.29 is 13.9 Å². The number of amides is 1. The minimum absolute atomic E-state index is 0.0931. The molecule has 8 heteroatoms. The van der Waals surface area contributed by atoms with Crippen molar-refractivity contribution in [2.24, 2.45) is 0 Å². The van der Waals surface area contributed by atoms with Crippen molar-refractivity contribution >= 4 is 16.8 Å². The Morgan fingerprint density at radius 2 is 1.52 bits per heavy atom. The molecule has 0 aliphatic carbocycles. The van der Waals surface area contributed by atoms with Gasteiger partial charge >= 0.3 is 5.69 Å². The molecule has 0 atom stereocenters. The summed E-state index contributed by atoms with van der Waals surface area (Å²) in [6.45, 7) is 0.554. The van der Waals surface area contributed by atoms with E-state index in [0.29, 0.717) is 29.6 Å². The minimum Gasteiger partial charge on any atom is -0.496 e. The predicted octanol–water partition coefficient (Wildman–Crippen LogP) is 4.60. The number of para-hydroxylation sites is 2. The molecule has 1 heterocycles. The van der Waals surface area contributed by atoms with Crippen molar-refractivity contribution in [1.29, 1.82) is 0 Å². The normalized spacial score (nSPS) is 10.9. The highest BCUT2D eigenvalue weighted by Crippen LogP contribution is 2.17. The van der Waals surface area contributed by atoms with Gasteiger partial charge < -0.3 is 10.1 Å². The fourth-order valence-corrected chi connectivity index (χ4v) is 4.67. The molecule has 5 aromatic rings. The third-order valence-corrected chi connectivity index (χ3v) is 6.81. The Labute approximate surface area is 230 Å². The fourth-order valence-electron chi connectivity index (χ4n) is 4.67. The highest BCUT2D eigenvalue weighted by Gasteiger charge is 2.15. The second kappa shape index (κ2) is 11.8. The van der Waals surface area contributed by atoms with Crippen LogP contribution in [-0.2, 0) is 24.3 Å². The Morgan fingerprint density at radius 1 is 0.850 bits per heavy atom. The van der Waals surface area contributed by atoms with Crippen molar-refractivity contribution in [2.75, 3.05) is 7.11 Å². The van der Waals surface area contributed by atoms with Gasteiger partial charge in [-0.05, 0) is 60.0 Å². The smallest absolute Gasteiger partial charge is 0.336 e. The minimum atomic E-state index is -0.489. The number of carbonyl (C=O) groups is 1. The first-order valence-electron chi connectivity index (χ1n) is 12.9. The zero-order valence-electron chi connectivity index (χ0n) is 22.0. The van der Waals surface area contributed by atoms with E-state index in [1.165, 1.54) is 16.7 Å². The molecule has 0 bridgehead atoms. The first-order valence-corrected chi connectivity index (χ1v) is 12.9. The molecule has 0 saturated heterocycles. The molecule has 1 aromatic heterocycles. The average molecular weight is 538 g/mol. The van der Waals surface area contributed by atoms with Gasteiger partial charge in [-0.15, -0.1) is 0 Å². The average Bonchev–Trinajstić information content (AvgIpc) is 2.99. The van der Waals surface area contributed by atoms with Crippen molar-refractivity contribution in [2.45, 2.75) is 25.9 Å². The molecular formula is C32H28FN3O4. The van der Waals surface area contributed by atoms with Gasteiger partial charge in [0, 0.05) is 18.5 Å². The predicted molar refractivity (Wildman–Crippen MR) is 152 cm³/mol. The Bertz CT molecular complexity index is 1770. The highest BCUT2D eigenvalue weighted by atomic mass is 19.1. The number of aryl methyl sites for hydroxylation is 1. The SMILES string of the molecule is COc1ccccc1CNC(=O)CCc1ccc(-n2c(=O)c3ccccc3n(Cc3ccc(F)cc3)c2=O)cc1. The van der Waals surface area contributed by atoms with Gasteiger partial charge in [0.15, 0.2) is 0 Å². The Kier molecular flexibility index (Phi) is 7.87. The maximum atomic E-state index is 13.6. The summed E-state index contributed by atoms with van der Waals surface area (Å²) in [5.74, 6) is 0.267. The number of benzene rings is 4. The monoisotopic (exact) mass is 537 g/mol. The first kappa shape index (κ1) is 26.6. The summed E-state index contributed by atoms with van der Waals surface area (Å²) < 4.78 is 21.4. The van der Waals surface area contributed by atoms with Crippen molar-refractivity contribution in [3.63, 3.8) is 0 Å². The maximum Gasteiger partial charge on any atom is 0.336 e. The van der Waals surface area contributed by atoms with Gasteiger partial charge in [0.2, 0.25) is 5.91 Å². The second-order valence-electron chi connectivity index (χ2n) is 9.41. The quantitative estimate of drug-likeness (QED) is 0.298. The van der Waals surface area contributed by atoms with Crippen molar-refractivity contribution in [3.05, 3.63) is 140 Å². The van der Waals surface area contributed by atoms with Crippen molar-refractivity contribution in [3.8, 4) is 11.4 Å². The molecule has 202 valence electrons. The summed E-state index contributed by atoms with van der Waals surface area (Å²) in [6.07, 6.45) is 0.786. The summed E-state index contributed by atoms with van der Waals surface area (Å²) >= 11 is 0. The lowest BCUT2D eigenvalue weighted by molar-refractivity contribution is -0.121. The molecule has 0 unspecified atom stereocenters. The number of methoxy groups -OCH3 is 1. The lowest BCUT2D eigenvalue weighted by Gasteiger charge is -2.15. The van der Waals surface area contributed by atoms with Gasteiger partial charge in [0.1, 0.15) is 11.6 Å². The number of nitrogens with zero attached hydrogens (tertiary/aromatic N) is 2. The summed E-state index contributed by atoms with van der Waals surface area (Å²) in [5.41, 5.74) is 2.56. The summed E-state index contributed by atoms with van der Waals surface area (Å²) in [5, 5.41) is 3.32. The van der Waals surface area contributed by atoms with E-state index < -0.39 is 11.2 Å². The van der Waals surface area contributed by atoms with E-state index in [9.17, 15) is 18.8 Å². The summed E-state index contributed by atoms with van der Waals surface area (Å²) in [4.78, 5) is 39.4. The number of rotatable bonds is 9. The van der Waals surface area contributed by atoms with E-state index in [2.05, 4.69) is 5.32 Å². The third-order valence-electron chi connectivity index (χ3n) is 6.81. The van der Waals surface area contributed by atoms with E-state index in [-0.39, 0.29) is 24.7 Å². The second-order valence-corrected chi connectivity index (χ2v) is 9.41. The molecule has 0 saturated carbocycles. The van der Waals surface area contributed by atoms with Crippen LogP contribution in [0.4, 0.5) is 4.39 Å². The molecule has 7 nitrogen and oxygen atoms in total. The number of nitrogens with one attached hydrogen (secondary N) is 1. The Hall–Kier alpha value is -4.98. The molecule has 0 spiro atoms. The van der Waals surface area contributed by atoms with Crippen LogP contribution < -0.4 is 21.3 Å². The van der Waals surface area contributed by atoms with Crippen LogP contribution in [0, 0.1) is 5.82 Å². The fraction of sp³-hybridized carbons (Fsp3) is 0.156. The topological polar surface area (TPSA) is 82.3 Å². The lowest BCUT2D eigenvalue weighted by Crippen LogP contribution is -2.39. The van der Waals surface area contributed by atoms with Crippen LogP contribution in [0.3, 0.4) is 0 Å². The molecule has 0 radical (unpaired) electrons. The number of aromatic nitrogens is 2. The third kappa shape index (κ3) is 5.71. The van der Waals surface area contributed by atoms with Crippen molar-refractivity contribution in [1.82, 2.24) is 14.5 Å². The molecule has 1 amide bonds. The van der Waals surface area contributed by atoms with E-state index in [0.717, 1.165) is 27.0 Å². The zero-order chi connectivity index (χ0) is 28.1. The molecule has 0 aliphatic rings. The van der Waals surface area contributed by atoms with Crippen LogP contribution in [-0.4, -0.2) is 22.2 Å². The van der Waals surface area contributed by atoms with Gasteiger partial charge in [-0.2, -0.15) is 0 Å². The molecule has 1 N–H and O–H groups in total. The van der Waals surface area contributed by atoms with E-state index in [1.807, 2.05) is 36.4 Å². The number of hydrogen-bond acceptors (Lipinski definition) is 4. The lowest BCUT2D eigenvalue weighted by atomic mass is 10.1. The van der Waals surface area contributed by atoms with Gasteiger partial charge in [0.05, 0.1) is 30.2 Å². The Balaban J connectivity index is 1.35. The number of ether oxygens (including phenoxy) is 1. The van der Waals surface area contributed by atoms with Crippen LogP contribution in [0.2, 0.25) is 0 Å². The number of hydrogen-bond donors (Lipinski definition) is 1. The highest BCUT2D eigenvalue weighted by molar-refractivity contribution is 5.78. The van der Waals surface area contributed by atoms with Crippen LogP contribution in [0.1, 0.15) is 23.1 Å². The number of carbonyl (C=O) groups excluding carboxylic acids is 1. The maximum absolute atomic E-state index is 13.6. The van der Waals surface area contributed by atoms with Gasteiger partial charge in [-0.1, -0.05) is 54.6 Å². The molecular weight excluding hydrogens is 509 g/mol. The van der Waals surface area contributed by atoms with Gasteiger partial charge in [-0.25, -0.2) is 13.8 Å². The summed E-state index contributed by atoms with van der Waals surface area (Å²) in [6, 6.07) is 27.4.